The van der Waals surface area contributed by atoms with Crippen LogP contribution < -0.4 is 9.64 Å². The molecule has 0 atom stereocenters. The van der Waals surface area contributed by atoms with Gasteiger partial charge >= 0.3 is 0 Å². The quantitative estimate of drug-likeness (QED) is 0.591. The predicted molar refractivity (Wildman–Crippen MR) is 128 cm³/mol. The van der Waals surface area contributed by atoms with Gasteiger partial charge in [0.1, 0.15) is 11.6 Å². The number of amides is 1. The normalized spacial score (nSPS) is 16.3. The number of hydrogen-bond donors (Lipinski definition) is 0. The molecule has 3 aromatic rings. The number of ether oxygens (including phenoxy) is 1. The largest absolute Gasteiger partial charge is 0.438 e. The molecule has 7 nitrogen and oxygen atoms in total. The minimum Gasteiger partial charge on any atom is -0.438 e. The van der Waals surface area contributed by atoms with Crippen molar-refractivity contribution in [2.24, 2.45) is 0 Å². The van der Waals surface area contributed by atoms with E-state index >= 15 is 0 Å². The molecule has 1 saturated heterocycles. The highest BCUT2D eigenvalue weighted by atomic mass is 19.1. The van der Waals surface area contributed by atoms with Crippen LogP contribution in [0.4, 0.5) is 10.3 Å². The second-order valence-corrected chi connectivity index (χ2v) is 8.95. The topological polar surface area (TPSA) is 61.8 Å². The molecule has 2 aromatic carbocycles. The molecule has 0 spiro atoms. The molecule has 3 heterocycles. The monoisotopic (exact) mass is 461 g/mol. The molecule has 176 valence electrons. The summed E-state index contributed by atoms with van der Waals surface area (Å²) in [6.07, 6.45) is 0.587. The van der Waals surface area contributed by atoms with E-state index in [2.05, 4.69) is 16.8 Å². The highest BCUT2D eigenvalue weighted by molar-refractivity contribution is 5.94. The number of aromatic nitrogens is 2. The van der Waals surface area contributed by atoms with Crippen LogP contribution in [0.15, 0.2) is 48.5 Å². The summed E-state index contributed by atoms with van der Waals surface area (Å²) in [5, 5.41) is 0. The van der Waals surface area contributed by atoms with Crippen molar-refractivity contribution in [1.29, 1.82) is 0 Å². The van der Waals surface area contributed by atoms with Crippen molar-refractivity contribution in [3.8, 4) is 11.6 Å². The second kappa shape index (κ2) is 9.38. The predicted octanol–water partition coefficient (Wildman–Crippen LogP) is 3.67. The van der Waals surface area contributed by atoms with E-state index in [0.717, 1.165) is 43.0 Å². The SMILES string of the molecule is Cc1ccc(Oc2nc(N3CCN(C)CC3)nc3c2CN(C(=O)c2cccc(F)c2)CC3)cc1. The van der Waals surface area contributed by atoms with Gasteiger partial charge < -0.3 is 19.4 Å². The number of carbonyl (C=O) groups excluding carboxylic acids is 1. The Bertz CT molecular complexity index is 1190. The van der Waals surface area contributed by atoms with Crippen molar-refractivity contribution < 1.29 is 13.9 Å². The van der Waals surface area contributed by atoms with Gasteiger partial charge in [-0.1, -0.05) is 23.8 Å². The highest BCUT2D eigenvalue weighted by Crippen LogP contribution is 2.32. The average molecular weight is 462 g/mol. The molecule has 0 bridgehead atoms. The average Bonchev–Trinajstić information content (AvgIpc) is 2.85. The van der Waals surface area contributed by atoms with Gasteiger partial charge in [0, 0.05) is 44.7 Å². The van der Waals surface area contributed by atoms with Crippen LogP contribution in [0.3, 0.4) is 0 Å². The van der Waals surface area contributed by atoms with E-state index < -0.39 is 5.82 Å². The van der Waals surface area contributed by atoms with Crippen LogP contribution in [-0.4, -0.2) is 65.4 Å². The van der Waals surface area contributed by atoms with Crippen LogP contribution in [0.5, 0.6) is 11.6 Å². The Balaban J connectivity index is 1.47. The summed E-state index contributed by atoms with van der Waals surface area (Å²) in [5.41, 5.74) is 3.17. The number of aryl methyl sites for hydroxylation is 1. The molecule has 2 aliphatic rings. The van der Waals surface area contributed by atoms with E-state index in [9.17, 15) is 9.18 Å². The van der Waals surface area contributed by atoms with Gasteiger partial charge in [0.15, 0.2) is 0 Å². The summed E-state index contributed by atoms with van der Waals surface area (Å²) in [5.74, 6) is 1.18. The first-order valence-electron chi connectivity index (χ1n) is 11.6. The first-order chi connectivity index (χ1) is 16.5. The lowest BCUT2D eigenvalue weighted by atomic mass is 10.0. The van der Waals surface area contributed by atoms with Gasteiger partial charge in [0.05, 0.1) is 17.8 Å². The van der Waals surface area contributed by atoms with Crippen LogP contribution in [0.1, 0.15) is 27.2 Å². The Morgan fingerprint density at radius 1 is 1.00 bits per heavy atom. The maximum Gasteiger partial charge on any atom is 0.254 e. The summed E-state index contributed by atoms with van der Waals surface area (Å²) >= 11 is 0. The lowest BCUT2D eigenvalue weighted by Crippen LogP contribution is -2.45. The number of hydrogen-bond acceptors (Lipinski definition) is 6. The minimum absolute atomic E-state index is 0.213. The molecular formula is C26H28FN5O2. The number of benzene rings is 2. The zero-order chi connectivity index (χ0) is 23.7. The number of anilines is 1. The number of nitrogens with zero attached hydrogens (tertiary/aromatic N) is 5. The molecule has 1 aromatic heterocycles. The summed E-state index contributed by atoms with van der Waals surface area (Å²) in [6.45, 7) is 6.44. The van der Waals surface area contributed by atoms with Crippen molar-refractivity contribution in [2.75, 3.05) is 44.7 Å². The maximum absolute atomic E-state index is 13.7. The zero-order valence-electron chi connectivity index (χ0n) is 19.5. The molecule has 8 heteroatoms. The smallest absolute Gasteiger partial charge is 0.254 e. The fraction of sp³-hybridized carbons (Fsp3) is 0.346. The Morgan fingerprint density at radius 3 is 2.50 bits per heavy atom. The number of rotatable bonds is 4. The Hall–Kier alpha value is -3.52. The lowest BCUT2D eigenvalue weighted by Gasteiger charge is -2.34. The molecule has 0 radical (unpaired) electrons. The van der Waals surface area contributed by atoms with Gasteiger partial charge in [-0.3, -0.25) is 4.79 Å². The van der Waals surface area contributed by atoms with E-state index in [4.69, 9.17) is 14.7 Å². The minimum atomic E-state index is -0.424. The van der Waals surface area contributed by atoms with E-state index in [-0.39, 0.29) is 5.91 Å². The van der Waals surface area contributed by atoms with Crippen molar-refractivity contribution in [1.82, 2.24) is 19.8 Å². The highest BCUT2D eigenvalue weighted by Gasteiger charge is 2.29. The van der Waals surface area contributed by atoms with Crippen molar-refractivity contribution in [2.45, 2.75) is 19.9 Å². The second-order valence-electron chi connectivity index (χ2n) is 8.95. The number of carbonyl (C=O) groups is 1. The first-order valence-corrected chi connectivity index (χ1v) is 11.6. The van der Waals surface area contributed by atoms with Crippen molar-refractivity contribution >= 4 is 11.9 Å². The standard InChI is InChI=1S/C26H28FN5O2/c1-18-6-8-21(9-7-18)34-24-22-17-32(25(33)19-4-3-5-20(27)16-19)11-10-23(22)28-26(29-24)31-14-12-30(2)13-15-31/h3-9,16H,10-15,17H2,1-2H3. The summed E-state index contributed by atoms with van der Waals surface area (Å²) in [6, 6.07) is 13.6. The molecule has 34 heavy (non-hydrogen) atoms. The third-order valence-electron chi connectivity index (χ3n) is 6.39. The van der Waals surface area contributed by atoms with Gasteiger partial charge in [-0.2, -0.15) is 4.98 Å². The molecule has 0 aliphatic carbocycles. The fourth-order valence-corrected chi connectivity index (χ4v) is 4.30. The number of piperazine rings is 1. The number of likely N-dealkylation sites (N-methyl/N-ethyl adjacent to an activating group) is 1. The molecule has 1 amide bonds. The zero-order valence-corrected chi connectivity index (χ0v) is 19.5. The van der Waals surface area contributed by atoms with Crippen molar-refractivity contribution in [3.05, 3.63) is 76.7 Å². The van der Waals surface area contributed by atoms with E-state index in [1.807, 2.05) is 31.2 Å². The van der Waals surface area contributed by atoms with Gasteiger partial charge in [-0.25, -0.2) is 9.37 Å². The van der Waals surface area contributed by atoms with Crippen molar-refractivity contribution in [3.63, 3.8) is 0 Å². The fourth-order valence-electron chi connectivity index (χ4n) is 4.30. The Kier molecular flexibility index (Phi) is 6.15. The van der Waals surface area contributed by atoms with Gasteiger partial charge in [0.25, 0.3) is 5.91 Å². The molecule has 2 aliphatic heterocycles. The van der Waals surface area contributed by atoms with Crippen LogP contribution in [-0.2, 0) is 13.0 Å². The van der Waals surface area contributed by atoms with Crippen LogP contribution in [0.25, 0.3) is 0 Å². The maximum atomic E-state index is 13.7. The molecule has 1 fully saturated rings. The van der Waals surface area contributed by atoms with Crippen LogP contribution in [0, 0.1) is 12.7 Å². The summed E-state index contributed by atoms with van der Waals surface area (Å²) < 4.78 is 19.9. The van der Waals surface area contributed by atoms with E-state index in [1.54, 1.807) is 17.0 Å². The van der Waals surface area contributed by atoms with Crippen LogP contribution in [0.2, 0.25) is 0 Å². The summed E-state index contributed by atoms with van der Waals surface area (Å²) in [7, 11) is 2.11. The van der Waals surface area contributed by atoms with Gasteiger partial charge in [-0.15, -0.1) is 0 Å². The van der Waals surface area contributed by atoms with Gasteiger partial charge in [0.2, 0.25) is 11.8 Å². The molecule has 0 saturated carbocycles. The van der Waals surface area contributed by atoms with Crippen LogP contribution >= 0.6 is 0 Å². The van der Waals surface area contributed by atoms with E-state index in [0.29, 0.717) is 42.7 Å². The molecule has 5 rings (SSSR count). The lowest BCUT2D eigenvalue weighted by molar-refractivity contribution is 0.0731. The Morgan fingerprint density at radius 2 is 1.76 bits per heavy atom. The number of halogens is 1. The summed E-state index contributed by atoms with van der Waals surface area (Å²) in [4.78, 5) is 28.9. The number of fused-ring (bicyclic) bond motifs is 1. The third kappa shape index (κ3) is 4.72. The first kappa shape index (κ1) is 22.3. The molecule has 0 N–H and O–H groups in total. The Labute approximate surface area is 198 Å². The third-order valence-corrected chi connectivity index (χ3v) is 6.39. The van der Waals surface area contributed by atoms with E-state index in [1.165, 1.54) is 12.1 Å². The van der Waals surface area contributed by atoms with Gasteiger partial charge in [-0.05, 0) is 44.3 Å². The molecular weight excluding hydrogens is 433 g/mol. The molecule has 0 unspecified atom stereocenters.